The fourth-order valence-corrected chi connectivity index (χ4v) is 4.03. The molecule has 0 bridgehead atoms. The minimum Gasteiger partial charge on any atom is -0.490 e. The predicted molar refractivity (Wildman–Crippen MR) is 111 cm³/mol. The van der Waals surface area contributed by atoms with E-state index in [9.17, 15) is 4.79 Å². The lowest BCUT2D eigenvalue weighted by molar-refractivity contribution is -0.131. The average Bonchev–Trinajstić information content (AvgIpc) is 2.56. The lowest BCUT2D eigenvalue weighted by Gasteiger charge is -2.14. The maximum Gasteiger partial charge on any atom is 0.341 e. The summed E-state index contributed by atoms with van der Waals surface area (Å²) >= 11 is 17.6. The van der Waals surface area contributed by atoms with Crippen molar-refractivity contribution in [3.05, 3.63) is 29.8 Å². The summed E-state index contributed by atoms with van der Waals surface area (Å²) in [7, 11) is 0. The smallest absolute Gasteiger partial charge is 0.341 e. The van der Waals surface area contributed by atoms with Crippen LogP contribution in [0.3, 0.4) is 0 Å². The highest BCUT2D eigenvalue weighted by molar-refractivity contribution is 7.64. The largest absolute Gasteiger partial charge is 0.490 e. The highest BCUT2D eigenvalue weighted by Gasteiger charge is 2.23. The van der Waals surface area contributed by atoms with Crippen LogP contribution in [0.25, 0.3) is 6.08 Å². The van der Waals surface area contributed by atoms with E-state index >= 15 is 0 Å². The Labute approximate surface area is 170 Å². The van der Waals surface area contributed by atoms with Crippen LogP contribution in [0.4, 0.5) is 0 Å². The van der Waals surface area contributed by atoms with Gasteiger partial charge in [0.1, 0.15) is 0 Å². The average molecular weight is 440 g/mol. The molecule has 0 fully saturated rings. The standard InChI is InChI=1S/C18H25Cl3O4Si/c1-2-3-4-11-24-16-9-7-15(8-10-18(22)23)14-17(16)25-12-5-6-13-26(19,20)21/h7-10,14H,2-6,11-13H2,1H3,(H,22,23)/b10-8+. The van der Waals surface area contributed by atoms with Crippen LogP contribution in [-0.4, -0.2) is 30.3 Å². The third-order valence-corrected chi connectivity index (χ3v) is 6.13. The van der Waals surface area contributed by atoms with Gasteiger partial charge in [0.2, 0.25) is 0 Å². The van der Waals surface area contributed by atoms with Crippen molar-refractivity contribution >= 4 is 51.3 Å². The van der Waals surface area contributed by atoms with Crippen molar-refractivity contribution in [1.82, 2.24) is 0 Å². The number of carboxylic acid groups (broad SMARTS) is 1. The molecule has 0 unspecified atom stereocenters. The second kappa shape index (κ2) is 12.5. The molecule has 0 radical (unpaired) electrons. The Bertz CT molecular complexity index is 588. The molecule has 1 aromatic rings. The van der Waals surface area contributed by atoms with Gasteiger partial charge in [0.05, 0.1) is 13.2 Å². The van der Waals surface area contributed by atoms with Crippen LogP contribution in [0.2, 0.25) is 6.04 Å². The Balaban J connectivity index is 2.68. The molecule has 0 amide bonds. The van der Waals surface area contributed by atoms with Crippen LogP contribution < -0.4 is 9.47 Å². The van der Waals surface area contributed by atoms with Crippen LogP contribution in [0.15, 0.2) is 24.3 Å². The van der Waals surface area contributed by atoms with Crippen LogP contribution in [0, 0.1) is 0 Å². The first-order valence-electron chi connectivity index (χ1n) is 8.69. The quantitative estimate of drug-likeness (QED) is 0.173. The van der Waals surface area contributed by atoms with Crippen molar-refractivity contribution in [2.24, 2.45) is 0 Å². The zero-order chi connectivity index (χ0) is 19.4. The predicted octanol–water partition coefficient (Wildman–Crippen LogP) is 6.17. The zero-order valence-corrected chi connectivity index (χ0v) is 18.1. The van der Waals surface area contributed by atoms with Crippen molar-refractivity contribution in [2.75, 3.05) is 13.2 Å². The number of unbranched alkanes of at least 4 members (excludes halogenated alkanes) is 3. The number of carboxylic acids is 1. The van der Waals surface area contributed by atoms with Crippen molar-refractivity contribution in [1.29, 1.82) is 0 Å². The third-order valence-electron chi connectivity index (χ3n) is 3.50. The molecule has 1 rings (SSSR count). The van der Waals surface area contributed by atoms with Gasteiger partial charge in [-0.1, -0.05) is 25.8 Å². The molecule has 0 heterocycles. The van der Waals surface area contributed by atoms with E-state index in [1.165, 1.54) is 6.08 Å². The minimum absolute atomic E-state index is 0.479. The molecule has 0 saturated heterocycles. The first kappa shape index (κ1) is 23.2. The van der Waals surface area contributed by atoms with Gasteiger partial charge in [-0.25, -0.2) is 4.79 Å². The molecule has 0 aromatic heterocycles. The number of aliphatic carboxylic acids is 1. The van der Waals surface area contributed by atoms with Gasteiger partial charge in [-0.2, -0.15) is 0 Å². The molecule has 8 heteroatoms. The highest BCUT2D eigenvalue weighted by Crippen LogP contribution is 2.30. The molecule has 1 N–H and O–H groups in total. The minimum atomic E-state index is -2.58. The van der Waals surface area contributed by atoms with Gasteiger partial charge < -0.3 is 14.6 Å². The molecule has 0 aliphatic rings. The van der Waals surface area contributed by atoms with Crippen LogP contribution in [0.1, 0.15) is 44.6 Å². The molecule has 0 atom stereocenters. The normalized spacial score (nSPS) is 11.7. The zero-order valence-electron chi connectivity index (χ0n) is 14.8. The van der Waals surface area contributed by atoms with E-state index in [-0.39, 0.29) is 0 Å². The van der Waals surface area contributed by atoms with Gasteiger partial charge in [0, 0.05) is 6.08 Å². The Morgan fingerprint density at radius 2 is 1.73 bits per heavy atom. The van der Waals surface area contributed by atoms with Gasteiger partial charge in [-0.3, -0.25) is 0 Å². The van der Waals surface area contributed by atoms with Crippen LogP contribution >= 0.6 is 33.2 Å². The SMILES string of the molecule is CCCCCOc1ccc(/C=C/C(=O)O)cc1OCCCC[Si](Cl)(Cl)Cl. The fourth-order valence-electron chi connectivity index (χ4n) is 2.17. The Morgan fingerprint density at radius 1 is 1.08 bits per heavy atom. The van der Waals surface area contributed by atoms with E-state index in [0.29, 0.717) is 30.8 Å². The molecular formula is C18H25Cl3O4Si. The van der Waals surface area contributed by atoms with Crippen molar-refractivity contribution in [2.45, 2.75) is 45.1 Å². The van der Waals surface area contributed by atoms with Gasteiger partial charge in [-0.05, 0) is 49.1 Å². The maximum atomic E-state index is 10.7. The Kier molecular flexibility index (Phi) is 11.1. The van der Waals surface area contributed by atoms with E-state index in [0.717, 1.165) is 43.7 Å². The number of halogens is 3. The fraction of sp³-hybridized carbons (Fsp3) is 0.500. The summed E-state index contributed by atoms with van der Waals surface area (Å²) in [6.45, 7) is 3.23. The van der Waals surface area contributed by atoms with E-state index in [4.69, 9.17) is 47.8 Å². The number of hydrogen-bond donors (Lipinski definition) is 1. The molecule has 0 aliphatic carbocycles. The summed E-state index contributed by atoms with van der Waals surface area (Å²) in [5.74, 6) is 0.257. The number of rotatable bonds is 13. The van der Waals surface area contributed by atoms with Gasteiger partial charge in [0.15, 0.2) is 11.5 Å². The topological polar surface area (TPSA) is 55.8 Å². The van der Waals surface area contributed by atoms with Gasteiger partial charge in [-0.15, -0.1) is 33.2 Å². The Hall–Kier alpha value is -0.883. The summed E-state index contributed by atoms with van der Waals surface area (Å²) < 4.78 is 11.6. The molecule has 0 spiro atoms. The lowest BCUT2D eigenvalue weighted by atomic mass is 10.2. The number of ether oxygens (including phenoxy) is 2. The highest BCUT2D eigenvalue weighted by atomic mass is 35.8. The summed E-state index contributed by atoms with van der Waals surface area (Å²) in [4.78, 5) is 10.7. The second-order valence-corrected chi connectivity index (χ2v) is 15.1. The summed E-state index contributed by atoms with van der Waals surface area (Å²) in [5, 5.41) is 8.76. The molecular weight excluding hydrogens is 415 g/mol. The molecule has 146 valence electrons. The Morgan fingerprint density at radius 3 is 2.35 bits per heavy atom. The van der Waals surface area contributed by atoms with E-state index in [1.54, 1.807) is 18.2 Å². The molecule has 1 aromatic carbocycles. The maximum absolute atomic E-state index is 10.7. The van der Waals surface area contributed by atoms with E-state index in [1.807, 2.05) is 0 Å². The molecule has 26 heavy (non-hydrogen) atoms. The first-order chi connectivity index (χ1) is 12.3. The van der Waals surface area contributed by atoms with Crippen molar-refractivity contribution in [3.8, 4) is 11.5 Å². The lowest BCUT2D eigenvalue weighted by Crippen LogP contribution is -2.09. The summed E-state index contributed by atoms with van der Waals surface area (Å²) in [5.41, 5.74) is 0.733. The van der Waals surface area contributed by atoms with Gasteiger partial charge in [0.25, 0.3) is 0 Å². The second-order valence-electron chi connectivity index (χ2n) is 5.85. The van der Waals surface area contributed by atoms with E-state index < -0.39 is 12.0 Å². The van der Waals surface area contributed by atoms with Crippen LogP contribution in [0.5, 0.6) is 11.5 Å². The van der Waals surface area contributed by atoms with Gasteiger partial charge >= 0.3 is 12.0 Å². The monoisotopic (exact) mass is 438 g/mol. The van der Waals surface area contributed by atoms with E-state index in [2.05, 4.69) is 6.92 Å². The number of carbonyl (C=O) groups is 1. The number of benzene rings is 1. The first-order valence-corrected chi connectivity index (χ1v) is 13.9. The molecule has 4 nitrogen and oxygen atoms in total. The summed E-state index contributed by atoms with van der Waals surface area (Å²) in [6.07, 6.45) is 7.37. The third kappa shape index (κ3) is 11.0. The van der Waals surface area contributed by atoms with Crippen LogP contribution in [-0.2, 0) is 4.79 Å². The van der Waals surface area contributed by atoms with Crippen molar-refractivity contribution in [3.63, 3.8) is 0 Å². The molecule has 0 saturated carbocycles. The van der Waals surface area contributed by atoms with Crippen molar-refractivity contribution < 1.29 is 19.4 Å². The molecule has 0 aliphatic heterocycles. The number of hydrogen-bond acceptors (Lipinski definition) is 3. The summed E-state index contributed by atoms with van der Waals surface area (Å²) in [6, 6.07) is 3.40.